The second kappa shape index (κ2) is 6.54. The number of hydrogen-bond acceptors (Lipinski definition) is 3. The fourth-order valence-electron chi connectivity index (χ4n) is 1.68. The average Bonchev–Trinajstić information content (AvgIpc) is 2.77. The van der Waals surface area contributed by atoms with Crippen LogP contribution in [0, 0.1) is 5.92 Å². The zero-order chi connectivity index (χ0) is 13.7. The summed E-state index contributed by atoms with van der Waals surface area (Å²) in [6.07, 6.45) is 0. The fraction of sp³-hybridized carbons (Fsp3) is 0.538. The molecule has 0 aliphatic carbocycles. The van der Waals surface area contributed by atoms with Crippen molar-refractivity contribution < 1.29 is 9.59 Å². The van der Waals surface area contributed by atoms with Gasteiger partial charge in [0, 0.05) is 18.8 Å². The van der Waals surface area contributed by atoms with Gasteiger partial charge in [-0.1, -0.05) is 19.9 Å². The van der Waals surface area contributed by atoms with Crippen LogP contribution in [0.15, 0.2) is 17.5 Å². The third-order valence-electron chi connectivity index (χ3n) is 2.64. The van der Waals surface area contributed by atoms with Gasteiger partial charge >= 0.3 is 0 Å². The van der Waals surface area contributed by atoms with Crippen LogP contribution in [-0.2, 0) is 16.1 Å². The number of carbonyl (C=O) groups excluding carboxylic acids is 2. The topological polar surface area (TPSA) is 49.4 Å². The molecule has 1 atom stereocenters. The van der Waals surface area contributed by atoms with E-state index in [0.29, 0.717) is 6.54 Å². The second-order valence-corrected chi connectivity index (χ2v) is 5.73. The van der Waals surface area contributed by atoms with E-state index in [1.165, 1.54) is 6.92 Å². The van der Waals surface area contributed by atoms with E-state index in [1.54, 1.807) is 23.3 Å². The summed E-state index contributed by atoms with van der Waals surface area (Å²) >= 11 is 1.62. The highest BCUT2D eigenvalue weighted by Crippen LogP contribution is 2.13. The lowest BCUT2D eigenvalue weighted by Crippen LogP contribution is -2.49. The van der Waals surface area contributed by atoms with Gasteiger partial charge < -0.3 is 10.2 Å². The molecule has 0 saturated heterocycles. The molecule has 0 aliphatic heterocycles. The summed E-state index contributed by atoms with van der Waals surface area (Å²) in [6, 6.07) is 3.51. The van der Waals surface area contributed by atoms with Crippen LogP contribution in [-0.4, -0.2) is 29.8 Å². The largest absolute Gasteiger partial charge is 0.344 e. The van der Waals surface area contributed by atoms with E-state index in [9.17, 15) is 9.59 Å². The van der Waals surface area contributed by atoms with Crippen molar-refractivity contribution in [2.75, 3.05) is 7.05 Å². The molecule has 1 unspecified atom stereocenters. The number of nitrogens with one attached hydrogen (secondary N) is 1. The molecule has 2 amide bonds. The predicted molar refractivity (Wildman–Crippen MR) is 73.2 cm³/mol. The Morgan fingerprint density at radius 3 is 2.56 bits per heavy atom. The van der Waals surface area contributed by atoms with Crippen LogP contribution in [0.2, 0.25) is 0 Å². The van der Waals surface area contributed by atoms with E-state index in [4.69, 9.17) is 0 Å². The van der Waals surface area contributed by atoms with Gasteiger partial charge in [-0.25, -0.2) is 0 Å². The van der Waals surface area contributed by atoms with E-state index in [1.807, 2.05) is 31.4 Å². The fourth-order valence-corrected chi connectivity index (χ4v) is 2.44. The normalized spacial score (nSPS) is 12.3. The summed E-state index contributed by atoms with van der Waals surface area (Å²) in [4.78, 5) is 26.2. The van der Waals surface area contributed by atoms with Gasteiger partial charge in [-0.2, -0.15) is 0 Å². The molecular formula is C13H20N2O2S. The van der Waals surface area contributed by atoms with Crippen LogP contribution in [0.25, 0.3) is 0 Å². The maximum absolute atomic E-state index is 12.3. The minimum Gasteiger partial charge on any atom is -0.344 e. The van der Waals surface area contributed by atoms with Crippen molar-refractivity contribution in [2.24, 2.45) is 5.92 Å². The minimum absolute atomic E-state index is 0.0476. The summed E-state index contributed by atoms with van der Waals surface area (Å²) in [6.45, 7) is 5.87. The number of amides is 2. The standard InChI is InChI=1S/C13H20N2O2S/c1-9(2)12(14-10(3)16)13(17)15(4)8-11-6-5-7-18-11/h5-7,9,12H,8H2,1-4H3,(H,14,16). The Hall–Kier alpha value is -1.36. The number of nitrogens with zero attached hydrogens (tertiary/aromatic N) is 1. The molecule has 5 heteroatoms. The molecule has 0 aromatic carbocycles. The lowest BCUT2D eigenvalue weighted by atomic mass is 10.0. The predicted octanol–water partition coefficient (Wildman–Crippen LogP) is 1.87. The molecule has 1 aromatic rings. The van der Waals surface area contributed by atoms with Gasteiger partial charge in [0.1, 0.15) is 6.04 Å². The molecule has 18 heavy (non-hydrogen) atoms. The van der Waals surface area contributed by atoms with Gasteiger partial charge in [-0.3, -0.25) is 9.59 Å². The first kappa shape index (κ1) is 14.7. The van der Waals surface area contributed by atoms with Crippen LogP contribution < -0.4 is 5.32 Å². The first-order valence-corrected chi connectivity index (χ1v) is 6.84. The molecule has 0 spiro atoms. The summed E-state index contributed by atoms with van der Waals surface area (Å²) in [5.41, 5.74) is 0. The third-order valence-corrected chi connectivity index (χ3v) is 3.50. The molecule has 4 nitrogen and oxygen atoms in total. The molecule has 1 rings (SSSR count). The SMILES string of the molecule is CC(=O)NC(C(=O)N(C)Cc1cccs1)C(C)C. The molecule has 1 N–H and O–H groups in total. The first-order valence-electron chi connectivity index (χ1n) is 5.96. The highest BCUT2D eigenvalue weighted by atomic mass is 32.1. The Kier molecular flexibility index (Phi) is 5.34. The van der Waals surface area contributed by atoms with Crippen molar-refractivity contribution in [2.45, 2.75) is 33.4 Å². The van der Waals surface area contributed by atoms with Crippen molar-refractivity contribution in [1.29, 1.82) is 0 Å². The quantitative estimate of drug-likeness (QED) is 0.886. The number of carbonyl (C=O) groups is 2. The maximum Gasteiger partial charge on any atom is 0.245 e. The van der Waals surface area contributed by atoms with Crippen LogP contribution in [0.3, 0.4) is 0 Å². The van der Waals surface area contributed by atoms with E-state index < -0.39 is 6.04 Å². The highest BCUT2D eigenvalue weighted by molar-refractivity contribution is 7.09. The van der Waals surface area contributed by atoms with Crippen molar-refractivity contribution >= 4 is 23.2 Å². The zero-order valence-corrected chi connectivity index (χ0v) is 12.1. The van der Waals surface area contributed by atoms with Crippen molar-refractivity contribution in [1.82, 2.24) is 10.2 Å². The Labute approximate surface area is 112 Å². The summed E-state index contributed by atoms with van der Waals surface area (Å²) in [7, 11) is 1.76. The third kappa shape index (κ3) is 4.14. The van der Waals surface area contributed by atoms with Crippen molar-refractivity contribution in [3.8, 4) is 0 Å². The molecule has 0 bridgehead atoms. The minimum atomic E-state index is -0.451. The van der Waals surface area contributed by atoms with E-state index in [-0.39, 0.29) is 17.7 Å². The van der Waals surface area contributed by atoms with Crippen LogP contribution in [0.1, 0.15) is 25.6 Å². The Bertz CT molecular complexity index is 401. The molecule has 100 valence electrons. The summed E-state index contributed by atoms with van der Waals surface area (Å²) < 4.78 is 0. The maximum atomic E-state index is 12.3. The van der Waals surface area contributed by atoms with Crippen molar-refractivity contribution in [3.05, 3.63) is 22.4 Å². The van der Waals surface area contributed by atoms with Gasteiger partial charge in [0.05, 0.1) is 6.54 Å². The molecular weight excluding hydrogens is 248 g/mol. The Morgan fingerprint density at radius 1 is 1.44 bits per heavy atom. The van der Waals surface area contributed by atoms with Gasteiger partial charge in [0.15, 0.2) is 0 Å². The van der Waals surface area contributed by atoms with E-state index in [0.717, 1.165) is 4.88 Å². The van der Waals surface area contributed by atoms with E-state index in [2.05, 4.69) is 5.32 Å². The summed E-state index contributed by atoms with van der Waals surface area (Å²) in [5, 5.41) is 4.70. The molecule has 0 radical (unpaired) electrons. The van der Waals surface area contributed by atoms with Gasteiger partial charge in [-0.05, 0) is 17.4 Å². The monoisotopic (exact) mass is 268 g/mol. The van der Waals surface area contributed by atoms with Crippen LogP contribution in [0.4, 0.5) is 0 Å². The number of likely N-dealkylation sites (N-methyl/N-ethyl adjacent to an activating group) is 1. The number of thiophene rings is 1. The highest BCUT2D eigenvalue weighted by Gasteiger charge is 2.25. The van der Waals surface area contributed by atoms with Gasteiger partial charge in [0.2, 0.25) is 11.8 Å². The van der Waals surface area contributed by atoms with Gasteiger partial charge in [-0.15, -0.1) is 11.3 Å². The van der Waals surface area contributed by atoms with Crippen molar-refractivity contribution in [3.63, 3.8) is 0 Å². The Morgan fingerprint density at radius 2 is 2.11 bits per heavy atom. The average molecular weight is 268 g/mol. The van der Waals surface area contributed by atoms with E-state index >= 15 is 0 Å². The lowest BCUT2D eigenvalue weighted by Gasteiger charge is -2.26. The molecule has 0 saturated carbocycles. The number of hydrogen-bond donors (Lipinski definition) is 1. The molecule has 1 heterocycles. The Balaban J connectivity index is 2.67. The van der Waals surface area contributed by atoms with Crippen LogP contribution >= 0.6 is 11.3 Å². The summed E-state index contributed by atoms with van der Waals surface area (Å²) in [5.74, 6) is -0.146. The van der Waals surface area contributed by atoms with Crippen LogP contribution in [0.5, 0.6) is 0 Å². The molecule has 0 fully saturated rings. The molecule has 0 aliphatic rings. The first-order chi connectivity index (χ1) is 8.41. The lowest BCUT2D eigenvalue weighted by molar-refractivity contribution is -0.136. The molecule has 1 aromatic heterocycles. The number of rotatable bonds is 5. The smallest absolute Gasteiger partial charge is 0.245 e. The van der Waals surface area contributed by atoms with Gasteiger partial charge in [0.25, 0.3) is 0 Å². The zero-order valence-electron chi connectivity index (χ0n) is 11.3. The second-order valence-electron chi connectivity index (χ2n) is 4.70.